The smallest absolute Gasteiger partial charge is 0.410 e. The summed E-state index contributed by atoms with van der Waals surface area (Å²) in [6, 6.07) is 0.434. The molecule has 0 radical (unpaired) electrons. The molecule has 2 heterocycles. The second-order valence-corrected chi connectivity index (χ2v) is 6.70. The average molecular weight is 270 g/mol. The van der Waals surface area contributed by atoms with E-state index in [9.17, 15) is 9.90 Å². The third-order valence-electron chi connectivity index (χ3n) is 3.92. The van der Waals surface area contributed by atoms with Crippen LogP contribution in [0, 0.1) is 5.92 Å². The van der Waals surface area contributed by atoms with Gasteiger partial charge < -0.3 is 14.7 Å². The molecule has 19 heavy (non-hydrogen) atoms. The van der Waals surface area contributed by atoms with Crippen LogP contribution in [-0.4, -0.2) is 65.4 Å². The van der Waals surface area contributed by atoms with Crippen LogP contribution < -0.4 is 0 Å². The minimum Gasteiger partial charge on any atom is -0.444 e. The molecule has 5 heteroatoms. The molecule has 2 saturated heterocycles. The fraction of sp³-hybridized carbons (Fsp3) is 0.929. The number of hydrogen-bond donors (Lipinski definition) is 1. The van der Waals surface area contributed by atoms with Gasteiger partial charge in [0.1, 0.15) is 5.60 Å². The zero-order valence-corrected chi connectivity index (χ0v) is 12.3. The molecule has 0 aromatic carbocycles. The zero-order valence-electron chi connectivity index (χ0n) is 12.3. The van der Waals surface area contributed by atoms with Gasteiger partial charge in [-0.15, -0.1) is 0 Å². The first-order chi connectivity index (χ1) is 8.89. The van der Waals surface area contributed by atoms with Gasteiger partial charge in [-0.2, -0.15) is 0 Å². The lowest BCUT2D eigenvalue weighted by atomic mass is 9.92. The standard InChI is InChI=1S/C14H26N2O3/c1-14(2,3)19-13(18)16-7-6-15-8-11(10-17)4-5-12(15)9-16/h11-12,17H,4-10H2,1-3H3/t11-,12-/m0/s1. The first kappa shape index (κ1) is 14.6. The van der Waals surface area contributed by atoms with Crippen LogP contribution in [0.2, 0.25) is 0 Å². The average Bonchev–Trinajstić information content (AvgIpc) is 2.35. The van der Waals surface area contributed by atoms with Crippen molar-refractivity contribution in [3.8, 4) is 0 Å². The molecule has 2 aliphatic heterocycles. The van der Waals surface area contributed by atoms with Gasteiger partial charge in [0.15, 0.2) is 0 Å². The highest BCUT2D eigenvalue weighted by Gasteiger charge is 2.35. The van der Waals surface area contributed by atoms with E-state index < -0.39 is 5.60 Å². The second kappa shape index (κ2) is 5.67. The highest BCUT2D eigenvalue weighted by Crippen LogP contribution is 2.25. The van der Waals surface area contributed by atoms with E-state index in [1.807, 2.05) is 25.7 Å². The number of piperazine rings is 1. The van der Waals surface area contributed by atoms with Crippen LogP contribution in [0.5, 0.6) is 0 Å². The summed E-state index contributed by atoms with van der Waals surface area (Å²) in [4.78, 5) is 16.3. The lowest BCUT2D eigenvalue weighted by Gasteiger charge is -2.46. The number of hydrogen-bond acceptors (Lipinski definition) is 4. The van der Waals surface area contributed by atoms with Crippen LogP contribution in [-0.2, 0) is 4.74 Å². The minimum atomic E-state index is -0.428. The third-order valence-corrected chi connectivity index (χ3v) is 3.92. The number of aliphatic hydroxyl groups excluding tert-OH is 1. The van der Waals surface area contributed by atoms with E-state index in [-0.39, 0.29) is 12.7 Å². The molecule has 2 atom stereocenters. The summed E-state index contributed by atoms with van der Waals surface area (Å²) in [5, 5.41) is 9.24. The number of fused-ring (bicyclic) bond motifs is 1. The summed E-state index contributed by atoms with van der Waals surface area (Å²) in [5.41, 5.74) is -0.428. The van der Waals surface area contributed by atoms with Gasteiger partial charge in [-0.05, 0) is 39.5 Å². The molecule has 110 valence electrons. The largest absolute Gasteiger partial charge is 0.444 e. The molecule has 0 aromatic heterocycles. The van der Waals surface area contributed by atoms with E-state index >= 15 is 0 Å². The quantitative estimate of drug-likeness (QED) is 0.780. The number of carbonyl (C=O) groups excluding carboxylic acids is 1. The molecule has 2 fully saturated rings. The Morgan fingerprint density at radius 3 is 2.63 bits per heavy atom. The van der Waals surface area contributed by atoms with Gasteiger partial charge in [0.05, 0.1) is 0 Å². The third kappa shape index (κ3) is 3.83. The molecule has 5 nitrogen and oxygen atoms in total. The number of piperidine rings is 1. The van der Waals surface area contributed by atoms with Crippen molar-refractivity contribution >= 4 is 6.09 Å². The maximum atomic E-state index is 12.1. The van der Waals surface area contributed by atoms with Gasteiger partial charge in [0.25, 0.3) is 0 Å². The van der Waals surface area contributed by atoms with Crippen LogP contribution in [0.15, 0.2) is 0 Å². The molecular weight excluding hydrogens is 244 g/mol. The van der Waals surface area contributed by atoms with Crippen LogP contribution in [0.25, 0.3) is 0 Å². The predicted molar refractivity (Wildman–Crippen MR) is 73.0 cm³/mol. The Bertz CT molecular complexity index is 327. The van der Waals surface area contributed by atoms with Crippen molar-refractivity contribution in [3.63, 3.8) is 0 Å². The summed E-state index contributed by atoms with van der Waals surface area (Å²) in [7, 11) is 0. The Morgan fingerprint density at radius 2 is 2.00 bits per heavy atom. The van der Waals surface area contributed by atoms with Gasteiger partial charge in [-0.3, -0.25) is 4.90 Å². The molecule has 0 aliphatic carbocycles. The van der Waals surface area contributed by atoms with Gasteiger partial charge >= 0.3 is 6.09 Å². The monoisotopic (exact) mass is 270 g/mol. The van der Waals surface area contributed by atoms with Gasteiger partial charge in [0.2, 0.25) is 0 Å². The maximum Gasteiger partial charge on any atom is 0.410 e. The van der Waals surface area contributed by atoms with E-state index in [0.29, 0.717) is 12.0 Å². The molecule has 0 saturated carbocycles. The van der Waals surface area contributed by atoms with Crippen molar-refractivity contribution in [1.82, 2.24) is 9.80 Å². The Kier molecular flexibility index (Phi) is 4.36. The molecule has 1 N–H and O–H groups in total. The van der Waals surface area contributed by atoms with Crippen molar-refractivity contribution in [2.45, 2.75) is 45.3 Å². The topological polar surface area (TPSA) is 53.0 Å². The van der Waals surface area contributed by atoms with Crippen LogP contribution >= 0.6 is 0 Å². The van der Waals surface area contributed by atoms with E-state index in [1.54, 1.807) is 0 Å². The number of nitrogens with zero attached hydrogens (tertiary/aromatic N) is 2. The number of aliphatic hydroxyl groups is 1. The SMILES string of the molecule is CC(C)(C)OC(=O)N1CCN2C[C@@H](CO)CC[C@H]2C1. The Balaban J connectivity index is 1.87. The van der Waals surface area contributed by atoms with Gasteiger partial charge in [-0.25, -0.2) is 4.79 Å². The summed E-state index contributed by atoms with van der Waals surface area (Å²) in [5.74, 6) is 0.407. The molecule has 2 rings (SSSR count). The number of ether oxygens (including phenoxy) is 1. The fourth-order valence-corrected chi connectivity index (χ4v) is 2.90. The Labute approximate surface area is 115 Å². The van der Waals surface area contributed by atoms with Crippen LogP contribution in [0.3, 0.4) is 0 Å². The first-order valence-electron chi connectivity index (χ1n) is 7.22. The zero-order chi connectivity index (χ0) is 14.0. The summed E-state index contributed by atoms with van der Waals surface area (Å²) >= 11 is 0. The lowest BCUT2D eigenvalue weighted by molar-refractivity contribution is -0.0132. The summed E-state index contributed by atoms with van der Waals surface area (Å²) in [6.45, 7) is 9.30. The summed E-state index contributed by atoms with van der Waals surface area (Å²) < 4.78 is 5.43. The highest BCUT2D eigenvalue weighted by molar-refractivity contribution is 5.68. The molecule has 1 amide bonds. The maximum absolute atomic E-state index is 12.1. The number of rotatable bonds is 1. The van der Waals surface area contributed by atoms with Gasteiger partial charge in [0, 0.05) is 38.8 Å². The molecule has 0 bridgehead atoms. The highest BCUT2D eigenvalue weighted by atomic mass is 16.6. The summed E-state index contributed by atoms with van der Waals surface area (Å²) in [6.07, 6.45) is 1.92. The van der Waals surface area contributed by atoms with Crippen molar-refractivity contribution in [2.75, 3.05) is 32.8 Å². The van der Waals surface area contributed by atoms with E-state index in [2.05, 4.69) is 4.90 Å². The van der Waals surface area contributed by atoms with Crippen molar-refractivity contribution in [1.29, 1.82) is 0 Å². The molecule has 0 spiro atoms. The fourth-order valence-electron chi connectivity index (χ4n) is 2.90. The number of amides is 1. The lowest BCUT2D eigenvalue weighted by Crippen LogP contribution is -2.58. The van der Waals surface area contributed by atoms with Crippen LogP contribution in [0.1, 0.15) is 33.6 Å². The van der Waals surface area contributed by atoms with Crippen molar-refractivity contribution < 1.29 is 14.6 Å². The molecule has 0 unspecified atom stereocenters. The minimum absolute atomic E-state index is 0.198. The molecule has 2 aliphatic rings. The van der Waals surface area contributed by atoms with E-state index in [0.717, 1.165) is 39.0 Å². The first-order valence-corrected chi connectivity index (χ1v) is 7.22. The van der Waals surface area contributed by atoms with E-state index in [4.69, 9.17) is 4.74 Å². The van der Waals surface area contributed by atoms with E-state index in [1.165, 1.54) is 0 Å². The van der Waals surface area contributed by atoms with Gasteiger partial charge in [-0.1, -0.05) is 0 Å². The Morgan fingerprint density at radius 1 is 1.26 bits per heavy atom. The normalized spacial score (nSPS) is 28.9. The predicted octanol–water partition coefficient (Wildman–Crippen LogP) is 1.31. The van der Waals surface area contributed by atoms with Crippen molar-refractivity contribution in [3.05, 3.63) is 0 Å². The van der Waals surface area contributed by atoms with Crippen LogP contribution in [0.4, 0.5) is 4.79 Å². The van der Waals surface area contributed by atoms with Crippen molar-refractivity contribution in [2.24, 2.45) is 5.92 Å². The Hall–Kier alpha value is -0.810. The molecular formula is C14H26N2O3. The molecule has 0 aromatic rings. The second-order valence-electron chi connectivity index (χ2n) is 6.70. The number of carbonyl (C=O) groups is 1.